The summed E-state index contributed by atoms with van der Waals surface area (Å²) in [7, 11) is 0. The number of anilines is 3. The predicted octanol–water partition coefficient (Wildman–Crippen LogP) is 12.9. The predicted molar refractivity (Wildman–Crippen MR) is 208 cm³/mol. The van der Waals surface area contributed by atoms with Gasteiger partial charge in [0.15, 0.2) is 0 Å². The fourth-order valence-electron chi connectivity index (χ4n) is 8.71. The Balaban J connectivity index is 1.01. The number of para-hydroxylation sites is 2. The highest BCUT2D eigenvalue weighted by Crippen LogP contribution is 2.51. The molecule has 0 bridgehead atoms. The molecule has 8 aromatic rings. The lowest BCUT2D eigenvalue weighted by Crippen LogP contribution is -2.11. The summed E-state index contributed by atoms with van der Waals surface area (Å²) in [6, 6.07) is 49.5. The molecule has 11 rings (SSSR count). The van der Waals surface area contributed by atoms with Crippen LogP contribution in [-0.2, 0) is 0 Å². The molecular weight excluding hydrogens is 593 g/mol. The molecule has 1 heterocycles. The summed E-state index contributed by atoms with van der Waals surface area (Å²) < 4.78 is 2.48. The Labute approximate surface area is 285 Å². The topological polar surface area (TPSA) is 8.17 Å². The second kappa shape index (κ2) is 9.95. The molecule has 0 radical (unpaired) electrons. The van der Waals surface area contributed by atoms with Crippen LogP contribution in [0.2, 0.25) is 0 Å². The highest BCUT2D eigenvalue weighted by Gasteiger charge is 2.28. The Morgan fingerprint density at radius 2 is 1.31 bits per heavy atom. The van der Waals surface area contributed by atoms with Crippen molar-refractivity contribution < 1.29 is 0 Å². The summed E-state index contributed by atoms with van der Waals surface area (Å²) in [6.07, 6.45) is 10.5. The Morgan fingerprint density at radius 3 is 2.10 bits per heavy atom. The maximum Gasteiger partial charge on any atom is 0.0543 e. The van der Waals surface area contributed by atoms with Crippen LogP contribution in [0.25, 0.3) is 72.5 Å². The third-order valence-electron chi connectivity index (χ3n) is 11.0. The van der Waals surface area contributed by atoms with Crippen molar-refractivity contribution in [2.75, 3.05) is 4.90 Å². The number of aromatic nitrogens is 1. The van der Waals surface area contributed by atoms with Crippen LogP contribution in [0.4, 0.5) is 17.1 Å². The molecule has 0 spiro atoms. The molecule has 7 aromatic carbocycles. The van der Waals surface area contributed by atoms with Gasteiger partial charge in [0.25, 0.3) is 0 Å². The molecule has 1 unspecified atom stereocenters. The number of hydrogen-bond donors (Lipinski definition) is 0. The number of allylic oxidation sites excluding steroid dienone is 2. The lowest BCUT2D eigenvalue weighted by Gasteiger charge is -2.28. The van der Waals surface area contributed by atoms with Gasteiger partial charge >= 0.3 is 0 Å². The van der Waals surface area contributed by atoms with Crippen LogP contribution in [0.1, 0.15) is 34.7 Å². The van der Waals surface area contributed by atoms with Crippen LogP contribution in [0.15, 0.2) is 146 Å². The molecule has 0 N–H and O–H groups in total. The summed E-state index contributed by atoms with van der Waals surface area (Å²) in [5, 5.41) is 6.50. The zero-order chi connectivity index (χ0) is 32.2. The van der Waals surface area contributed by atoms with Crippen LogP contribution >= 0.6 is 0 Å². The second-order valence-corrected chi connectivity index (χ2v) is 13.8. The van der Waals surface area contributed by atoms with Gasteiger partial charge in [-0.25, -0.2) is 0 Å². The summed E-state index contributed by atoms with van der Waals surface area (Å²) >= 11 is 0. The molecule has 49 heavy (non-hydrogen) atoms. The van der Waals surface area contributed by atoms with Gasteiger partial charge in [0.2, 0.25) is 0 Å². The first kappa shape index (κ1) is 26.9. The summed E-state index contributed by atoms with van der Waals surface area (Å²) in [5.74, 6) is 0.463. The summed E-state index contributed by atoms with van der Waals surface area (Å²) in [4.78, 5) is 2.37. The maximum atomic E-state index is 2.48. The molecule has 2 heteroatoms. The molecule has 3 aliphatic carbocycles. The standard InChI is InChI=1S/C47H32N2/c1-29-9-5-6-14-43(29)48(36-12-3-2-4-13-36)37-21-19-32-25-39-41(27-34(32)23-37)40-26-33-20-22-38(24-35(33)28-42(39)40)49-44-15-7-10-30-17-18-31-11-8-16-45(49)47(31)46(30)44/h2-10,12-28,31H,11H2,1H3. The fourth-order valence-corrected chi connectivity index (χ4v) is 8.71. The van der Waals surface area contributed by atoms with Crippen LogP contribution in [0.5, 0.6) is 0 Å². The minimum Gasteiger partial charge on any atom is -0.310 e. The SMILES string of the molecule is Cc1ccccc1N(c1ccccc1)c1ccc2cc3c(cc2c1)-c1cc2ccc(-n4c5c6c7c(cccc74)C=CC6CC=C5)cc2cc1-3. The number of rotatable bonds is 4. The third-order valence-corrected chi connectivity index (χ3v) is 11.0. The zero-order valence-corrected chi connectivity index (χ0v) is 27.2. The number of nitrogens with zero attached hydrogens (tertiary/aromatic N) is 2. The van der Waals surface area contributed by atoms with Gasteiger partial charge in [0.05, 0.1) is 11.2 Å². The Morgan fingerprint density at radius 1 is 0.592 bits per heavy atom. The van der Waals surface area contributed by atoms with Crippen molar-refractivity contribution in [3.05, 3.63) is 168 Å². The van der Waals surface area contributed by atoms with Crippen molar-refractivity contribution in [3.63, 3.8) is 0 Å². The summed E-state index contributed by atoms with van der Waals surface area (Å²) in [5.41, 5.74) is 16.8. The number of aryl methyl sites for hydroxylation is 1. The quantitative estimate of drug-likeness (QED) is 0.189. The molecular formula is C47H32N2. The van der Waals surface area contributed by atoms with E-state index in [0.29, 0.717) is 5.92 Å². The molecule has 1 atom stereocenters. The fraction of sp³-hybridized carbons (Fsp3) is 0.0638. The van der Waals surface area contributed by atoms with Crippen LogP contribution in [0, 0.1) is 6.92 Å². The average Bonchev–Trinajstić information content (AvgIpc) is 3.49. The largest absolute Gasteiger partial charge is 0.310 e. The lowest BCUT2D eigenvalue weighted by molar-refractivity contribution is 0.851. The van der Waals surface area contributed by atoms with E-state index in [1.54, 1.807) is 0 Å². The minimum absolute atomic E-state index is 0.463. The van der Waals surface area contributed by atoms with Crippen molar-refractivity contribution in [1.29, 1.82) is 0 Å². The molecule has 0 aliphatic heterocycles. The van der Waals surface area contributed by atoms with Gasteiger partial charge in [0.1, 0.15) is 0 Å². The van der Waals surface area contributed by atoms with Crippen molar-refractivity contribution in [1.82, 2.24) is 4.57 Å². The van der Waals surface area contributed by atoms with Gasteiger partial charge in [-0.2, -0.15) is 0 Å². The molecule has 0 saturated carbocycles. The van der Waals surface area contributed by atoms with E-state index in [1.807, 2.05) is 0 Å². The van der Waals surface area contributed by atoms with E-state index >= 15 is 0 Å². The van der Waals surface area contributed by atoms with Gasteiger partial charge in [-0.1, -0.05) is 78.9 Å². The van der Waals surface area contributed by atoms with E-state index in [-0.39, 0.29) is 0 Å². The average molecular weight is 625 g/mol. The van der Waals surface area contributed by atoms with E-state index in [9.17, 15) is 0 Å². The van der Waals surface area contributed by atoms with E-state index in [4.69, 9.17) is 0 Å². The van der Waals surface area contributed by atoms with Gasteiger partial charge in [-0.05, 0) is 153 Å². The first-order valence-corrected chi connectivity index (χ1v) is 17.3. The molecule has 1 aromatic heterocycles. The highest BCUT2D eigenvalue weighted by molar-refractivity contribution is 6.12. The van der Waals surface area contributed by atoms with Crippen LogP contribution < -0.4 is 4.90 Å². The molecule has 3 aliphatic rings. The second-order valence-electron chi connectivity index (χ2n) is 13.8. The Bertz CT molecular complexity index is 2760. The molecule has 0 amide bonds. The normalized spacial score (nSPS) is 15.0. The van der Waals surface area contributed by atoms with Gasteiger partial charge < -0.3 is 9.47 Å². The minimum atomic E-state index is 0.463. The monoisotopic (exact) mass is 624 g/mol. The number of benzene rings is 7. The smallest absolute Gasteiger partial charge is 0.0543 e. The van der Waals surface area contributed by atoms with Crippen molar-refractivity contribution in [2.24, 2.45) is 0 Å². The van der Waals surface area contributed by atoms with Gasteiger partial charge in [0, 0.05) is 34.1 Å². The van der Waals surface area contributed by atoms with Crippen molar-refractivity contribution in [2.45, 2.75) is 19.3 Å². The van der Waals surface area contributed by atoms with E-state index < -0.39 is 0 Å². The third kappa shape index (κ3) is 3.83. The van der Waals surface area contributed by atoms with Gasteiger partial charge in [-0.3, -0.25) is 0 Å². The molecule has 0 saturated heterocycles. The van der Waals surface area contributed by atoms with Crippen molar-refractivity contribution >= 4 is 61.7 Å². The first-order chi connectivity index (χ1) is 24.2. The van der Waals surface area contributed by atoms with Crippen LogP contribution in [-0.4, -0.2) is 4.57 Å². The Hall–Kier alpha value is -6.12. The van der Waals surface area contributed by atoms with E-state index in [2.05, 4.69) is 174 Å². The molecule has 230 valence electrons. The molecule has 2 nitrogen and oxygen atoms in total. The van der Waals surface area contributed by atoms with E-state index in [1.165, 1.54) is 88.5 Å². The maximum absolute atomic E-state index is 2.48. The lowest BCUT2D eigenvalue weighted by atomic mass is 9.78. The molecule has 0 fully saturated rings. The number of fused-ring (bicyclic) bond motifs is 6. The Kier molecular flexibility index (Phi) is 5.46. The number of hydrogen-bond acceptors (Lipinski definition) is 1. The first-order valence-electron chi connectivity index (χ1n) is 17.3. The highest BCUT2D eigenvalue weighted by atomic mass is 15.1. The summed E-state index contributed by atoms with van der Waals surface area (Å²) in [6.45, 7) is 2.19. The van der Waals surface area contributed by atoms with Crippen LogP contribution in [0.3, 0.4) is 0 Å². The van der Waals surface area contributed by atoms with Crippen molar-refractivity contribution in [3.8, 4) is 27.9 Å². The van der Waals surface area contributed by atoms with Gasteiger partial charge in [-0.15, -0.1) is 0 Å². The zero-order valence-electron chi connectivity index (χ0n) is 27.2. The van der Waals surface area contributed by atoms with E-state index in [0.717, 1.165) is 17.8 Å².